The van der Waals surface area contributed by atoms with Gasteiger partial charge in [0.15, 0.2) is 0 Å². The van der Waals surface area contributed by atoms with Gasteiger partial charge in [-0.05, 0) is 12.5 Å². The lowest BCUT2D eigenvalue weighted by Gasteiger charge is -1.98. The summed E-state index contributed by atoms with van der Waals surface area (Å²) >= 11 is 0. The van der Waals surface area contributed by atoms with Crippen molar-refractivity contribution in [2.75, 3.05) is 0 Å². The maximum absolute atomic E-state index is 12.1. The summed E-state index contributed by atoms with van der Waals surface area (Å²) < 4.78 is 24.1. The van der Waals surface area contributed by atoms with Gasteiger partial charge in [0.2, 0.25) is 0 Å². The van der Waals surface area contributed by atoms with Gasteiger partial charge in [-0.25, -0.2) is 8.78 Å². The molecule has 0 radical (unpaired) electrons. The van der Waals surface area contributed by atoms with Crippen LogP contribution < -0.4 is 0 Å². The van der Waals surface area contributed by atoms with Crippen LogP contribution in [0.3, 0.4) is 0 Å². The van der Waals surface area contributed by atoms with Crippen molar-refractivity contribution < 1.29 is 8.78 Å². The molecule has 2 heteroatoms. The second-order valence-electron chi connectivity index (χ2n) is 2.47. The second kappa shape index (κ2) is 4.00. The topological polar surface area (TPSA) is 0 Å². The Balaban J connectivity index is 2.85. The van der Waals surface area contributed by atoms with E-state index in [9.17, 15) is 8.78 Å². The molecule has 0 saturated carbocycles. The third-order valence-corrected chi connectivity index (χ3v) is 1.55. The van der Waals surface area contributed by atoms with E-state index in [1.165, 1.54) is 12.1 Å². The SMILES string of the molecule is CC=Cc1ccc(C(F)F)cc1. The summed E-state index contributed by atoms with van der Waals surface area (Å²) in [6, 6.07) is 6.25. The van der Waals surface area contributed by atoms with Crippen molar-refractivity contribution in [1.82, 2.24) is 0 Å². The molecule has 1 rings (SSSR count). The van der Waals surface area contributed by atoms with Crippen molar-refractivity contribution in [3.8, 4) is 0 Å². The Kier molecular flexibility index (Phi) is 2.97. The maximum Gasteiger partial charge on any atom is 0.263 e. The van der Waals surface area contributed by atoms with Gasteiger partial charge in [-0.1, -0.05) is 36.4 Å². The summed E-state index contributed by atoms with van der Waals surface area (Å²) in [7, 11) is 0. The zero-order valence-electron chi connectivity index (χ0n) is 6.80. The zero-order chi connectivity index (χ0) is 8.97. The van der Waals surface area contributed by atoms with E-state index in [4.69, 9.17) is 0 Å². The summed E-state index contributed by atoms with van der Waals surface area (Å²) in [4.78, 5) is 0. The van der Waals surface area contributed by atoms with Gasteiger partial charge in [-0.15, -0.1) is 0 Å². The highest BCUT2D eigenvalue weighted by atomic mass is 19.3. The normalized spacial score (nSPS) is 11.3. The number of hydrogen-bond donors (Lipinski definition) is 0. The highest BCUT2D eigenvalue weighted by Gasteiger charge is 2.04. The first-order valence-corrected chi connectivity index (χ1v) is 3.75. The molecule has 0 aliphatic carbocycles. The molecule has 0 aromatic heterocycles. The largest absolute Gasteiger partial charge is 0.263 e. The molecule has 0 bridgehead atoms. The fourth-order valence-electron chi connectivity index (χ4n) is 0.945. The molecule has 0 N–H and O–H groups in total. The van der Waals surface area contributed by atoms with Gasteiger partial charge in [0, 0.05) is 5.56 Å². The molecule has 0 aliphatic heterocycles. The van der Waals surface area contributed by atoms with Gasteiger partial charge in [0.05, 0.1) is 0 Å². The summed E-state index contributed by atoms with van der Waals surface area (Å²) in [6.45, 7) is 1.89. The van der Waals surface area contributed by atoms with Crippen LogP contribution in [-0.4, -0.2) is 0 Å². The summed E-state index contributed by atoms with van der Waals surface area (Å²) in [6.07, 6.45) is 1.37. The van der Waals surface area contributed by atoms with E-state index in [0.29, 0.717) is 0 Å². The quantitative estimate of drug-likeness (QED) is 0.632. The molecular formula is C10H10F2. The number of halogens is 2. The Labute approximate surface area is 70.5 Å². The molecule has 0 fully saturated rings. The highest BCUT2D eigenvalue weighted by Crippen LogP contribution is 2.18. The Hall–Kier alpha value is -1.18. The summed E-state index contributed by atoms with van der Waals surface area (Å²) in [5.74, 6) is 0. The van der Waals surface area contributed by atoms with Crippen LogP contribution in [-0.2, 0) is 0 Å². The number of alkyl halides is 2. The molecule has 0 atom stereocenters. The number of benzene rings is 1. The smallest absolute Gasteiger partial charge is 0.205 e. The number of hydrogen-bond acceptors (Lipinski definition) is 0. The maximum atomic E-state index is 12.1. The van der Waals surface area contributed by atoms with E-state index in [2.05, 4.69) is 0 Å². The van der Waals surface area contributed by atoms with E-state index in [0.717, 1.165) is 5.56 Å². The van der Waals surface area contributed by atoms with Crippen LogP contribution in [0, 0.1) is 0 Å². The van der Waals surface area contributed by atoms with Gasteiger partial charge >= 0.3 is 0 Å². The summed E-state index contributed by atoms with van der Waals surface area (Å²) in [5, 5.41) is 0. The van der Waals surface area contributed by atoms with Crippen molar-refractivity contribution in [1.29, 1.82) is 0 Å². The molecule has 1 aromatic rings. The van der Waals surface area contributed by atoms with E-state index >= 15 is 0 Å². The van der Waals surface area contributed by atoms with Crippen molar-refractivity contribution in [3.63, 3.8) is 0 Å². The fourth-order valence-corrected chi connectivity index (χ4v) is 0.945. The third kappa shape index (κ3) is 2.16. The van der Waals surface area contributed by atoms with Crippen LogP contribution in [0.5, 0.6) is 0 Å². The molecule has 0 nitrogen and oxygen atoms in total. The van der Waals surface area contributed by atoms with Crippen LogP contribution in [0.2, 0.25) is 0 Å². The summed E-state index contributed by atoms with van der Waals surface area (Å²) in [5.41, 5.74) is 1.02. The molecule has 0 saturated heterocycles. The molecule has 64 valence electrons. The minimum atomic E-state index is -2.37. The molecule has 0 aliphatic rings. The minimum absolute atomic E-state index is 0.0725. The predicted octanol–water partition coefficient (Wildman–Crippen LogP) is 3.66. The van der Waals surface area contributed by atoms with Crippen LogP contribution in [0.15, 0.2) is 30.3 Å². The first-order chi connectivity index (χ1) is 5.74. The molecular weight excluding hydrogens is 158 g/mol. The Morgan fingerprint density at radius 2 is 1.75 bits per heavy atom. The van der Waals surface area contributed by atoms with Crippen LogP contribution in [0.25, 0.3) is 6.08 Å². The molecule has 0 amide bonds. The van der Waals surface area contributed by atoms with Crippen molar-refractivity contribution >= 4 is 6.08 Å². The number of rotatable bonds is 2. The van der Waals surface area contributed by atoms with Crippen molar-refractivity contribution in [3.05, 3.63) is 41.5 Å². The minimum Gasteiger partial charge on any atom is -0.205 e. The third-order valence-electron chi connectivity index (χ3n) is 1.55. The lowest BCUT2D eigenvalue weighted by Crippen LogP contribution is -1.82. The molecule has 0 unspecified atom stereocenters. The average molecular weight is 168 g/mol. The van der Waals surface area contributed by atoms with Gasteiger partial charge in [-0.3, -0.25) is 0 Å². The average Bonchev–Trinajstić information content (AvgIpc) is 2.06. The van der Waals surface area contributed by atoms with Crippen molar-refractivity contribution in [2.45, 2.75) is 13.3 Å². The monoisotopic (exact) mass is 168 g/mol. The van der Waals surface area contributed by atoms with Gasteiger partial charge < -0.3 is 0 Å². The van der Waals surface area contributed by atoms with Crippen LogP contribution in [0.4, 0.5) is 8.78 Å². The van der Waals surface area contributed by atoms with E-state index < -0.39 is 6.43 Å². The van der Waals surface area contributed by atoms with E-state index in [1.807, 2.05) is 19.1 Å². The van der Waals surface area contributed by atoms with Crippen molar-refractivity contribution in [2.24, 2.45) is 0 Å². The second-order valence-corrected chi connectivity index (χ2v) is 2.47. The molecule has 0 heterocycles. The van der Waals surface area contributed by atoms with E-state index in [1.54, 1.807) is 12.1 Å². The lowest BCUT2D eigenvalue weighted by molar-refractivity contribution is 0.151. The Morgan fingerprint density at radius 3 is 2.17 bits per heavy atom. The van der Waals surface area contributed by atoms with Gasteiger partial charge in [-0.2, -0.15) is 0 Å². The number of allylic oxidation sites excluding steroid dienone is 1. The van der Waals surface area contributed by atoms with Gasteiger partial charge in [0.25, 0.3) is 6.43 Å². The Morgan fingerprint density at radius 1 is 1.17 bits per heavy atom. The zero-order valence-corrected chi connectivity index (χ0v) is 6.80. The molecule has 12 heavy (non-hydrogen) atoms. The standard InChI is InChI=1S/C10H10F2/c1-2-3-8-4-6-9(7-5-8)10(11)12/h2-7,10H,1H3. The highest BCUT2D eigenvalue weighted by molar-refractivity contribution is 5.49. The van der Waals surface area contributed by atoms with Gasteiger partial charge in [0.1, 0.15) is 0 Å². The first-order valence-electron chi connectivity index (χ1n) is 3.75. The molecule has 0 spiro atoms. The van der Waals surface area contributed by atoms with Crippen LogP contribution in [0.1, 0.15) is 24.5 Å². The first kappa shape index (κ1) is 8.91. The van der Waals surface area contributed by atoms with Crippen LogP contribution >= 0.6 is 0 Å². The molecule has 1 aromatic carbocycles. The Bertz CT molecular complexity index is 260. The lowest BCUT2D eigenvalue weighted by atomic mass is 10.1. The predicted molar refractivity (Wildman–Crippen MR) is 46.1 cm³/mol. The fraction of sp³-hybridized carbons (Fsp3) is 0.200. The van der Waals surface area contributed by atoms with E-state index in [-0.39, 0.29) is 5.56 Å².